The molecule has 1 N–H and O–H groups in total. The van der Waals surface area contributed by atoms with Gasteiger partial charge < -0.3 is 14.2 Å². The van der Waals surface area contributed by atoms with Crippen LogP contribution in [0.25, 0.3) is 0 Å². The Labute approximate surface area is 172 Å². The van der Waals surface area contributed by atoms with Crippen LogP contribution in [0.4, 0.5) is 0 Å². The number of benzene rings is 2. The number of carbonyl (C=O) groups excluding carboxylic acids is 1. The summed E-state index contributed by atoms with van der Waals surface area (Å²) in [5.41, 5.74) is 7.43. The molecule has 0 saturated heterocycles. The van der Waals surface area contributed by atoms with Gasteiger partial charge in [-0.3, -0.25) is 4.79 Å². The monoisotopic (exact) mass is 398 g/mol. The van der Waals surface area contributed by atoms with Gasteiger partial charge in [0.05, 0.1) is 26.0 Å². The lowest BCUT2D eigenvalue weighted by Gasteiger charge is -2.16. The van der Waals surface area contributed by atoms with E-state index in [1.807, 2.05) is 27.7 Å². The van der Waals surface area contributed by atoms with E-state index in [4.69, 9.17) is 14.2 Å². The number of rotatable bonds is 9. The van der Waals surface area contributed by atoms with Crippen LogP contribution < -0.4 is 19.6 Å². The van der Waals surface area contributed by atoms with Crippen LogP contribution in [-0.4, -0.2) is 31.9 Å². The lowest BCUT2D eigenvalue weighted by molar-refractivity contribution is 0.0954. The second-order valence-corrected chi connectivity index (χ2v) is 6.59. The first-order chi connectivity index (χ1) is 13.9. The van der Waals surface area contributed by atoms with Crippen molar-refractivity contribution in [1.82, 2.24) is 5.43 Å². The van der Waals surface area contributed by atoms with Crippen LogP contribution in [0, 0.1) is 20.8 Å². The minimum atomic E-state index is -0.354. The molecular weight excluding hydrogens is 368 g/mol. The minimum absolute atomic E-state index is 0.354. The third-order valence-electron chi connectivity index (χ3n) is 4.42. The van der Waals surface area contributed by atoms with E-state index < -0.39 is 0 Å². The van der Waals surface area contributed by atoms with Gasteiger partial charge in [-0.05, 0) is 82.0 Å². The molecule has 0 bridgehead atoms. The first-order valence-corrected chi connectivity index (χ1v) is 9.88. The number of nitrogens with zero attached hydrogens (tertiary/aromatic N) is 1. The smallest absolute Gasteiger partial charge is 0.271 e. The molecule has 0 saturated carbocycles. The molecule has 0 unspecified atom stereocenters. The van der Waals surface area contributed by atoms with E-state index >= 15 is 0 Å². The molecule has 29 heavy (non-hydrogen) atoms. The number of hydrogen-bond acceptors (Lipinski definition) is 5. The van der Waals surface area contributed by atoms with Crippen LogP contribution in [0.15, 0.2) is 29.4 Å². The number of amides is 1. The number of nitrogens with one attached hydrogen (secondary N) is 1. The SMILES string of the molecule is CCOc1cc(C(=O)N/N=C\c2cc(C)c(C)cc2C)cc(OCC)c1OCC. The maximum Gasteiger partial charge on any atom is 0.271 e. The number of ether oxygens (including phenoxy) is 3. The van der Waals surface area contributed by atoms with Crippen LogP contribution in [0.2, 0.25) is 0 Å². The van der Waals surface area contributed by atoms with E-state index in [9.17, 15) is 4.79 Å². The minimum Gasteiger partial charge on any atom is -0.490 e. The molecule has 0 heterocycles. The maximum absolute atomic E-state index is 12.6. The largest absolute Gasteiger partial charge is 0.490 e. The van der Waals surface area contributed by atoms with E-state index in [0.717, 1.165) is 11.1 Å². The van der Waals surface area contributed by atoms with Crippen molar-refractivity contribution in [3.8, 4) is 17.2 Å². The predicted molar refractivity (Wildman–Crippen MR) is 116 cm³/mol. The quantitative estimate of drug-likeness (QED) is 0.496. The van der Waals surface area contributed by atoms with Gasteiger partial charge in [0.1, 0.15) is 0 Å². The lowest BCUT2D eigenvalue weighted by atomic mass is 10.0. The zero-order chi connectivity index (χ0) is 21.4. The fourth-order valence-corrected chi connectivity index (χ4v) is 2.87. The molecular formula is C23H30N2O4. The van der Waals surface area contributed by atoms with Crippen molar-refractivity contribution in [3.63, 3.8) is 0 Å². The standard InChI is InChI=1S/C23H30N2O4/c1-7-27-20-12-18(13-21(28-8-2)22(20)29-9-3)23(26)25-24-14-19-11-16(5)15(4)10-17(19)6/h10-14H,7-9H2,1-6H3,(H,25,26)/b24-14-. The maximum atomic E-state index is 12.6. The number of hydrogen-bond donors (Lipinski definition) is 1. The molecule has 6 heteroatoms. The zero-order valence-corrected chi connectivity index (χ0v) is 18.1. The average Bonchev–Trinajstić information content (AvgIpc) is 2.68. The van der Waals surface area contributed by atoms with E-state index in [2.05, 4.69) is 36.5 Å². The highest BCUT2D eigenvalue weighted by molar-refractivity contribution is 5.96. The van der Waals surface area contributed by atoms with E-state index in [1.54, 1.807) is 18.3 Å². The van der Waals surface area contributed by atoms with Crippen molar-refractivity contribution in [2.45, 2.75) is 41.5 Å². The zero-order valence-electron chi connectivity index (χ0n) is 18.1. The Morgan fingerprint density at radius 1 is 0.862 bits per heavy atom. The Morgan fingerprint density at radius 2 is 1.41 bits per heavy atom. The fourth-order valence-electron chi connectivity index (χ4n) is 2.87. The summed E-state index contributed by atoms with van der Waals surface area (Å²) in [4.78, 5) is 12.6. The summed E-state index contributed by atoms with van der Waals surface area (Å²) in [6.45, 7) is 13.1. The molecule has 1 amide bonds. The van der Waals surface area contributed by atoms with Gasteiger partial charge in [-0.2, -0.15) is 5.10 Å². The molecule has 2 rings (SSSR count). The molecule has 2 aromatic carbocycles. The Morgan fingerprint density at radius 3 is 1.97 bits per heavy atom. The van der Waals surface area contributed by atoms with Gasteiger partial charge >= 0.3 is 0 Å². The third kappa shape index (κ3) is 5.73. The molecule has 0 aliphatic heterocycles. The first kappa shape index (κ1) is 22.3. The molecule has 0 radical (unpaired) electrons. The van der Waals surface area contributed by atoms with Gasteiger partial charge in [-0.1, -0.05) is 6.07 Å². The van der Waals surface area contributed by atoms with Crippen molar-refractivity contribution in [3.05, 3.63) is 52.1 Å². The second kappa shape index (κ2) is 10.5. The number of aryl methyl sites for hydroxylation is 3. The summed E-state index contributed by atoms with van der Waals surface area (Å²) < 4.78 is 17.0. The Hall–Kier alpha value is -3.02. The summed E-state index contributed by atoms with van der Waals surface area (Å²) in [7, 11) is 0. The van der Waals surface area contributed by atoms with Crippen LogP contribution in [-0.2, 0) is 0 Å². The first-order valence-electron chi connectivity index (χ1n) is 9.88. The van der Waals surface area contributed by atoms with E-state index in [0.29, 0.717) is 42.6 Å². The van der Waals surface area contributed by atoms with Crippen molar-refractivity contribution in [2.24, 2.45) is 5.10 Å². The molecule has 156 valence electrons. The highest BCUT2D eigenvalue weighted by Crippen LogP contribution is 2.39. The molecule has 0 aliphatic carbocycles. The fraction of sp³-hybridized carbons (Fsp3) is 0.391. The molecule has 0 aliphatic rings. The van der Waals surface area contributed by atoms with Crippen molar-refractivity contribution < 1.29 is 19.0 Å². The van der Waals surface area contributed by atoms with Crippen LogP contribution in [0.1, 0.15) is 53.4 Å². The predicted octanol–water partition coefficient (Wildman–Crippen LogP) is 4.57. The summed E-state index contributed by atoms with van der Waals surface area (Å²) >= 11 is 0. The van der Waals surface area contributed by atoms with E-state index in [-0.39, 0.29) is 5.91 Å². The van der Waals surface area contributed by atoms with Crippen molar-refractivity contribution >= 4 is 12.1 Å². The highest BCUT2D eigenvalue weighted by atomic mass is 16.5. The summed E-state index contributed by atoms with van der Waals surface area (Å²) in [6.07, 6.45) is 1.65. The van der Waals surface area contributed by atoms with Gasteiger partial charge in [-0.25, -0.2) is 5.43 Å². The van der Waals surface area contributed by atoms with Crippen LogP contribution in [0.5, 0.6) is 17.2 Å². The summed E-state index contributed by atoms with van der Waals surface area (Å²) in [5.74, 6) is 1.09. The molecule has 0 aromatic heterocycles. The second-order valence-electron chi connectivity index (χ2n) is 6.59. The summed E-state index contributed by atoms with van der Waals surface area (Å²) in [5, 5.41) is 4.12. The molecule has 2 aromatic rings. The highest BCUT2D eigenvalue weighted by Gasteiger charge is 2.18. The molecule has 0 atom stereocenters. The Bertz CT molecular complexity index is 864. The van der Waals surface area contributed by atoms with Crippen molar-refractivity contribution in [2.75, 3.05) is 19.8 Å². The average molecular weight is 399 g/mol. The number of carbonyl (C=O) groups is 1. The Kier molecular flexibility index (Phi) is 8.07. The van der Waals surface area contributed by atoms with Crippen LogP contribution in [0.3, 0.4) is 0 Å². The van der Waals surface area contributed by atoms with Crippen molar-refractivity contribution in [1.29, 1.82) is 0 Å². The normalized spacial score (nSPS) is 10.8. The Balaban J connectivity index is 2.26. The lowest BCUT2D eigenvalue weighted by Crippen LogP contribution is -2.18. The number of hydrazone groups is 1. The molecule has 0 fully saturated rings. The van der Waals surface area contributed by atoms with Gasteiger partial charge in [-0.15, -0.1) is 0 Å². The van der Waals surface area contributed by atoms with E-state index in [1.165, 1.54) is 11.1 Å². The van der Waals surface area contributed by atoms with Gasteiger partial charge in [0.2, 0.25) is 5.75 Å². The molecule has 6 nitrogen and oxygen atoms in total. The van der Waals surface area contributed by atoms with Gasteiger partial charge in [0, 0.05) is 5.56 Å². The molecule has 0 spiro atoms. The summed E-state index contributed by atoms with van der Waals surface area (Å²) in [6, 6.07) is 7.44. The van der Waals surface area contributed by atoms with Gasteiger partial charge in [0.15, 0.2) is 11.5 Å². The van der Waals surface area contributed by atoms with Crippen LogP contribution >= 0.6 is 0 Å². The topological polar surface area (TPSA) is 69.2 Å². The third-order valence-corrected chi connectivity index (χ3v) is 4.42. The van der Waals surface area contributed by atoms with Gasteiger partial charge in [0.25, 0.3) is 5.91 Å².